The van der Waals surface area contributed by atoms with E-state index in [1.54, 1.807) is 18.2 Å². The third-order valence-electron chi connectivity index (χ3n) is 4.09. The number of ketones is 1. The van der Waals surface area contributed by atoms with E-state index in [2.05, 4.69) is 4.90 Å². The van der Waals surface area contributed by atoms with Crippen LogP contribution in [0.5, 0.6) is 0 Å². The molecule has 2 rings (SSSR count). The normalized spacial score (nSPS) is 16.6. The molecule has 0 bridgehead atoms. The first-order valence-electron chi connectivity index (χ1n) is 7.59. The summed E-state index contributed by atoms with van der Waals surface area (Å²) in [6.45, 7) is 1.41. The van der Waals surface area contributed by atoms with Gasteiger partial charge in [0.2, 0.25) is 0 Å². The van der Waals surface area contributed by atoms with E-state index in [-0.39, 0.29) is 18.0 Å². The number of carbonyl (C=O) groups is 1. The average molecular weight is 277 g/mol. The lowest BCUT2D eigenvalue weighted by Gasteiger charge is -2.26. The number of carbonyl (C=O) groups excluding carboxylic acids is 1. The van der Waals surface area contributed by atoms with Crippen LogP contribution in [-0.2, 0) is 11.2 Å². The topological polar surface area (TPSA) is 20.3 Å². The van der Waals surface area contributed by atoms with Crippen molar-refractivity contribution in [3.63, 3.8) is 0 Å². The fourth-order valence-electron chi connectivity index (χ4n) is 3.09. The van der Waals surface area contributed by atoms with Gasteiger partial charge in [-0.2, -0.15) is 0 Å². The number of benzene rings is 1. The van der Waals surface area contributed by atoms with E-state index in [9.17, 15) is 9.18 Å². The van der Waals surface area contributed by atoms with Crippen molar-refractivity contribution < 1.29 is 9.18 Å². The van der Waals surface area contributed by atoms with Gasteiger partial charge in [0, 0.05) is 13.0 Å². The number of Topliss-reactive ketones (excluding diaryl/α,β-unsaturated/α-hetero) is 1. The van der Waals surface area contributed by atoms with Crippen molar-refractivity contribution in [2.45, 2.75) is 38.5 Å². The molecule has 0 spiro atoms. The Morgan fingerprint density at radius 2 is 1.95 bits per heavy atom. The van der Waals surface area contributed by atoms with E-state index in [0.717, 1.165) is 12.5 Å². The summed E-state index contributed by atoms with van der Waals surface area (Å²) in [6, 6.07) is 6.53. The lowest BCUT2D eigenvalue weighted by atomic mass is 9.89. The average Bonchev–Trinajstić information content (AvgIpc) is 2.42. The molecule has 0 N–H and O–H groups in total. The van der Waals surface area contributed by atoms with Gasteiger partial charge in [-0.1, -0.05) is 37.5 Å². The smallest absolute Gasteiger partial charge is 0.151 e. The molecule has 1 aromatic carbocycles. The minimum atomic E-state index is -0.282. The molecule has 20 heavy (non-hydrogen) atoms. The van der Waals surface area contributed by atoms with Crippen LogP contribution in [0.1, 0.15) is 37.7 Å². The Bertz CT molecular complexity index is 440. The number of nitrogens with zero attached hydrogens (tertiary/aromatic N) is 1. The first-order valence-corrected chi connectivity index (χ1v) is 7.59. The summed E-state index contributed by atoms with van der Waals surface area (Å²) >= 11 is 0. The Kier molecular flexibility index (Phi) is 5.72. The lowest BCUT2D eigenvalue weighted by molar-refractivity contribution is -0.119. The van der Waals surface area contributed by atoms with E-state index in [1.165, 1.54) is 38.2 Å². The summed E-state index contributed by atoms with van der Waals surface area (Å²) in [5.74, 6) is 0.541. The summed E-state index contributed by atoms with van der Waals surface area (Å²) in [5, 5.41) is 0. The van der Waals surface area contributed by atoms with Gasteiger partial charge in [0.15, 0.2) is 5.78 Å². The molecule has 1 saturated carbocycles. The Hall–Kier alpha value is -1.22. The van der Waals surface area contributed by atoms with E-state index >= 15 is 0 Å². The summed E-state index contributed by atoms with van der Waals surface area (Å²) < 4.78 is 13.5. The van der Waals surface area contributed by atoms with Crippen molar-refractivity contribution in [1.82, 2.24) is 4.90 Å². The third-order valence-corrected chi connectivity index (χ3v) is 4.09. The second kappa shape index (κ2) is 7.53. The van der Waals surface area contributed by atoms with Gasteiger partial charge >= 0.3 is 0 Å². The first kappa shape index (κ1) is 15.2. The number of rotatable bonds is 6. The van der Waals surface area contributed by atoms with Crippen LogP contribution in [-0.4, -0.2) is 30.8 Å². The van der Waals surface area contributed by atoms with Gasteiger partial charge in [-0.05, 0) is 37.4 Å². The molecule has 0 atom stereocenters. The molecule has 0 saturated heterocycles. The largest absolute Gasteiger partial charge is 0.299 e. The van der Waals surface area contributed by atoms with Gasteiger partial charge in [-0.3, -0.25) is 9.69 Å². The summed E-state index contributed by atoms with van der Waals surface area (Å²) in [5.41, 5.74) is 0.503. The maximum Gasteiger partial charge on any atom is 0.151 e. The van der Waals surface area contributed by atoms with E-state index in [0.29, 0.717) is 12.1 Å². The zero-order valence-electron chi connectivity index (χ0n) is 12.3. The molecule has 110 valence electrons. The Morgan fingerprint density at radius 3 is 2.65 bits per heavy atom. The molecular formula is C17H24FNO. The molecule has 2 nitrogen and oxygen atoms in total. The van der Waals surface area contributed by atoms with Crippen molar-refractivity contribution in [1.29, 1.82) is 0 Å². The fraction of sp³-hybridized carbons (Fsp3) is 0.588. The number of hydrogen-bond donors (Lipinski definition) is 0. The Labute approximate surface area is 121 Å². The molecule has 0 aromatic heterocycles. The molecule has 1 aliphatic carbocycles. The standard InChI is InChI=1S/C17H24FNO/c1-19(12-14-7-3-2-4-8-14)13-16(20)11-15-9-5-6-10-17(15)18/h5-6,9-10,14H,2-4,7-8,11-13H2,1H3. The van der Waals surface area contributed by atoms with Crippen LogP contribution in [0.2, 0.25) is 0 Å². The van der Waals surface area contributed by atoms with Crippen LogP contribution in [0.3, 0.4) is 0 Å². The van der Waals surface area contributed by atoms with Crippen LogP contribution >= 0.6 is 0 Å². The Morgan fingerprint density at radius 1 is 1.25 bits per heavy atom. The maximum absolute atomic E-state index is 13.5. The van der Waals surface area contributed by atoms with Gasteiger partial charge in [-0.15, -0.1) is 0 Å². The third kappa shape index (κ3) is 4.71. The van der Waals surface area contributed by atoms with Crippen LogP contribution in [0.15, 0.2) is 24.3 Å². The van der Waals surface area contributed by atoms with Crippen molar-refractivity contribution in [2.24, 2.45) is 5.92 Å². The van der Waals surface area contributed by atoms with Gasteiger partial charge in [0.05, 0.1) is 6.54 Å². The van der Waals surface area contributed by atoms with Gasteiger partial charge in [0.1, 0.15) is 5.82 Å². The van der Waals surface area contributed by atoms with Crippen molar-refractivity contribution >= 4 is 5.78 Å². The highest BCUT2D eigenvalue weighted by atomic mass is 19.1. The van der Waals surface area contributed by atoms with Crippen molar-refractivity contribution in [3.8, 4) is 0 Å². The second-order valence-corrected chi connectivity index (χ2v) is 6.01. The molecule has 0 aliphatic heterocycles. The molecular weight excluding hydrogens is 253 g/mol. The molecule has 1 fully saturated rings. The Balaban J connectivity index is 1.77. The van der Waals surface area contributed by atoms with Crippen LogP contribution in [0.25, 0.3) is 0 Å². The highest BCUT2D eigenvalue weighted by Gasteiger charge is 2.17. The SMILES string of the molecule is CN(CC(=O)Cc1ccccc1F)CC1CCCCC1. The fourth-order valence-corrected chi connectivity index (χ4v) is 3.09. The van der Waals surface area contributed by atoms with E-state index in [4.69, 9.17) is 0 Å². The highest BCUT2D eigenvalue weighted by Crippen LogP contribution is 2.24. The van der Waals surface area contributed by atoms with Crippen LogP contribution in [0, 0.1) is 11.7 Å². The minimum Gasteiger partial charge on any atom is -0.299 e. The number of likely N-dealkylation sites (N-methyl/N-ethyl adjacent to an activating group) is 1. The van der Waals surface area contributed by atoms with E-state index in [1.807, 2.05) is 7.05 Å². The summed E-state index contributed by atoms with van der Waals surface area (Å²) in [4.78, 5) is 14.1. The predicted molar refractivity (Wildman–Crippen MR) is 79.2 cm³/mol. The van der Waals surface area contributed by atoms with Crippen LogP contribution < -0.4 is 0 Å². The molecule has 0 amide bonds. The molecule has 0 heterocycles. The van der Waals surface area contributed by atoms with Crippen molar-refractivity contribution in [3.05, 3.63) is 35.6 Å². The van der Waals surface area contributed by atoms with Gasteiger partial charge < -0.3 is 0 Å². The number of halogens is 1. The zero-order chi connectivity index (χ0) is 14.4. The second-order valence-electron chi connectivity index (χ2n) is 6.01. The monoisotopic (exact) mass is 277 g/mol. The van der Waals surface area contributed by atoms with Gasteiger partial charge in [-0.25, -0.2) is 4.39 Å². The molecule has 0 radical (unpaired) electrons. The molecule has 0 unspecified atom stereocenters. The quantitative estimate of drug-likeness (QED) is 0.794. The molecule has 3 heteroatoms. The summed E-state index contributed by atoms with van der Waals surface area (Å²) in [7, 11) is 1.99. The number of hydrogen-bond acceptors (Lipinski definition) is 2. The molecule has 1 aliphatic rings. The lowest BCUT2D eigenvalue weighted by Crippen LogP contribution is -2.32. The molecule has 1 aromatic rings. The predicted octanol–water partition coefficient (Wildman–Crippen LogP) is 3.45. The van der Waals surface area contributed by atoms with Gasteiger partial charge in [0.25, 0.3) is 0 Å². The zero-order valence-corrected chi connectivity index (χ0v) is 12.3. The first-order chi connectivity index (χ1) is 9.65. The minimum absolute atomic E-state index is 0.0911. The van der Waals surface area contributed by atoms with Crippen molar-refractivity contribution in [2.75, 3.05) is 20.1 Å². The van der Waals surface area contributed by atoms with E-state index < -0.39 is 0 Å². The maximum atomic E-state index is 13.5. The van der Waals surface area contributed by atoms with Crippen LogP contribution in [0.4, 0.5) is 4.39 Å². The summed E-state index contributed by atoms with van der Waals surface area (Å²) in [6.07, 6.45) is 6.76. The highest BCUT2D eigenvalue weighted by molar-refractivity contribution is 5.82.